The van der Waals surface area contributed by atoms with Gasteiger partial charge in [0.05, 0.1) is 18.8 Å². The molecule has 2 fully saturated rings. The molecule has 1 aliphatic carbocycles. The van der Waals surface area contributed by atoms with Crippen molar-refractivity contribution in [2.24, 2.45) is 11.8 Å². The van der Waals surface area contributed by atoms with Gasteiger partial charge in [0.15, 0.2) is 5.65 Å². The van der Waals surface area contributed by atoms with E-state index in [0.29, 0.717) is 30.9 Å². The molecule has 8 nitrogen and oxygen atoms in total. The number of hydrogen-bond acceptors (Lipinski definition) is 6. The molecule has 0 aromatic carbocycles. The van der Waals surface area contributed by atoms with Crippen LogP contribution in [0.3, 0.4) is 0 Å². The number of aliphatic hydroxyl groups excluding tert-OH is 1. The van der Waals surface area contributed by atoms with Crippen LogP contribution in [0, 0.1) is 18.8 Å². The number of carbonyl (C=O) groups excluding carboxylic acids is 1. The van der Waals surface area contributed by atoms with E-state index >= 15 is 0 Å². The third-order valence-corrected chi connectivity index (χ3v) is 5.59. The van der Waals surface area contributed by atoms with Crippen LogP contribution in [0.25, 0.3) is 5.65 Å². The molecule has 2 unspecified atom stereocenters. The van der Waals surface area contributed by atoms with E-state index in [1.54, 1.807) is 17.9 Å². The lowest BCUT2D eigenvalue weighted by molar-refractivity contribution is -0.158. The van der Waals surface area contributed by atoms with Crippen LogP contribution in [0.5, 0.6) is 0 Å². The minimum atomic E-state index is -4.52. The van der Waals surface area contributed by atoms with Gasteiger partial charge in [0.25, 0.3) is 5.91 Å². The summed E-state index contributed by atoms with van der Waals surface area (Å²) in [5.74, 6) is -0.931. The van der Waals surface area contributed by atoms with E-state index in [1.807, 2.05) is 13.8 Å². The van der Waals surface area contributed by atoms with Crippen LogP contribution in [0.2, 0.25) is 0 Å². The predicted molar refractivity (Wildman–Crippen MR) is 101 cm³/mol. The summed E-state index contributed by atoms with van der Waals surface area (Å²) in [6, 6.07) is -0.204. The number of aryl methyl sites for hydroxylation is 1. The van der Waals surface area contributed by atoms with Crippen molar-refractivity contribution in [3.63, 3.8) is 0 Å². The molecule has 2 aromatic heterocycles. The van der Waals surface area contributed by atoms with Crippen molar-refractivity contribution in [3.8, 4) is 0 Å². The summed E-state index contributed by atoms with van der Waals surface area (Å²) in [4.78, 5) is 18.6. The van der Waals surface area contributed by atoms with Gasteiger partial charge in [-0.25, -0.2) is 9.50 Å². The zero-order valence-electron chi connectivity index (χ0n) is 16.8. The summed E-state index contributed by atoms with van der Waals surface area (Å²) in [5.41, 5.74) is 0.688. The highest BCUT2D eigenvalue weighted by Crippen LogP contribution is 2.40. The van der Waals surface area contributed by atoms with Crippen LogP contribution in [0.4, 0.5) is 19.0 Å². The van der Waals surface area contributed by atoms with Gasteiger partial charge in [-0.15, -0.1) is 0 Å². The Morgan fingerprint density at radius 3 is 2.63 bits per heavy atom. The maximum atomic E-state index is 13.3. The molecule has 164 valence electrons. The summed E-state index contributed by atoms with van der Waals surface area (Å²) in [6.45, 7) is 6.08. The lowest BCUT2D eigenvalue weighted by Gasteiger charge is -2.21. The number of anilines is 1. The van der Waals surface area contributed by atoms with Crippen molar-refractivity contribution in [2.45, 2.75) is 58.3 Å². The average Bonchev–Trinajstić information content (AvgIpc) is 3.26. The first kappa shape index (κ1) is 20.9. The Balaban J connectivity index is 1.65. The number of nitrogens with zero attached hydrogens (tertiary/aromatic N) is 4. The lowest BCUT2D eigenvalue weighted by Crippen LogP contribution is -2.46. The first-order valence-corrected chi connectivity index (χ1v) is 9.89. The van der Waals surface area contributed by atoms with Crippen molar-refractivity contribution >= 4 is 17.4 Å². The van der Waals surface area contributed by atoms with E-state index in [-0.39, 0.29) is 23.2 Å². The quantitative estimate of drug-likeness (QED) is 0.761. The van der Waals surface area contributed by atoms with Gasteiger partial charge in [0, 0.05) is 11.8 Å². The third-order valence-electron chi connectivity index (χ3n) is 5.59. The number of amides is 1. The van der Waals surface area contributed by atoms with E-state index in [2.05, 4.69) is 15.4 Å². The molecule has 0 radical (unpaired) electrons. The highest BCUT2D eigenvalue weighted by Gasteiger charge is 2.50. The highest BCUT2D eigenvalue weighted by atomic mass is 19.4. The largest absolute Gasteiger partial charge is 0.408 e. The third kappa shape index (κ3) is 3.83. The van der Waals surface area contributed by atoms with Crippen molar-refractivity contribution in [2.75, 3.05) is 11.4 Å². The number of hydrogen-bond donors (Lipinski definition) is 2. The fraction of sp³-hybridized carbons (Fsp3) is 0.632. The normalized spacial score (nSPS) is 23.4. The van der Waals surface area contributed by atoms with Crippen LogP contribution in [-0.2, 0) is 4.74 Å². The molecule has 2 N–H and O–H groups in total. The fourth-order valence-corrected chi connectivity index (χ4v) is 3.65. The Morgan fingerprint density at radius 1 is 1.37 bits per heavy atom. The Morgan fingerprint density at radius 2 is 2.07 bits per heavy atom. The average molecular weight is 427 g/mol. The molecule has 1 aliphatic heterocycles. The van der Waals surface area contributed by atoms with E-state index < -0.39 is 30.5 Å². The molecule has 30 heavy (non-hydrogen) atoms. The van der Waals surface area contributed by atoms with Gasteiger partial charge in [-0.1, -0.05) is 13.8 Å². The molecule has 11 heteroatoms. The van der Waals surface area contributed by atoms with Crippen molar-refractivity contribution < 1.29 is 27.8 Å². The lowest BCUT2D eigenvalue weighted by atomic mass is 10.1. The highest BCUT2D eigenvalue weighted by molar-refractivity contribution is 6.00. The molecule has 0 bridgehead atoms. The van der Waals surface area contributed by atoms with Gasteiger partial charge < -0.3 is 20.1 Å². The molecule has 0 spiro atoms. The number of halogens is 3. The van der Waals surface area contributed by atoms with Crippen LogP contribution >= 0.6 is 0 Å². The molecule has 1 amide bonds. The van der Waals surface area contributed by atoms with E-state index in [4.69, 9.17) is 4.74 Å². The zero-order valence-corrected chi connectivity index (χ0v) is 16.8. The fourth-order valence-electron chi connectivity index (χ4n) is 3.65. The summed E-state index contributed by atoms with van der Waals surface area (Å²) >= 11 is 0. The van der Waals surface area contributed by atoms with Crippen LogP contribution in [0.15, 0.2) is 12.3 Å². The molecule has 4 rings (SSSR count). The molecular weight excluding hydrogens is 403 g/mol. The topological polar surface area (TPSA) is 92.0 Å². The number of rotatable bonds is 5. The Kier molecular flexibility index (Phi) is 5.13. The van der Waals surface area contributed by atoms with Gasteiger partial charge in [0.1, 0.15) is 17.4 Å². The first-order chi connectivity index (χ1) is 14.1. The van der Waals surface area contributed by atoms with Gasteiger partial charge >= 0.3 is 6.18 Å². The van der Waals surface area contributed by atoms with E-state index in [0.717, 1.165) is 0 Å². The molecule has 1 saturated heterocycles. The number of aliphatic hydroxyl groups is 1. The van der Waals surface area contributed by atoms with Crippen molar-refractivity contribution in [1.29, 1.82) is 0 Å². The van der Waals surface area contributed by atoms with Crippen molar-refractivity contribution in [1.82, 2.24) is 19.9 Å². The smallest absolute Gasteiger partial charge is 0.351 e. The minimum absolute atomic E-state index is 0.0511. The Labute approximate surface area is 171 Å². The Hall–Kier alpha value is -2.40. The monoisotopic (exact) mass is 427 g/mol. The summed E-state index contributed by atoms with van der Waals surface area (Å²) in [6.07, 6.45) is -3.83. The van der Waals surface area contributed by atoms with Crippen LogP contribution in [0.1, 0.15) is 42.7 Å². The number of ether oxygens (including phenoxy) is 1. The number of aromatic nitrogens is 3. The number of fused-ring (bicyclic) bond motifs is 1. The summed E-state index contributed by atoms with van der Waals surface area (Å²) in [5, 5.41) is 16.5. The SMILES string of the molecule is Cc1cc(N2CC(C(C)C)OC2O)nc2c(C(=O)N[C@H](C3CC3)C(F)(F)F)cnn12. The predicted octanol–water partition coefficient (Wildman–Crippen LogP) is 2.25. The Bertz CT molecular complexity index is 957. The zero-order chi connectivity index (χ0) is 21.8. The van der Waals surface area contributed by atoms with Gasteiger partial charge in [-0.3, -0.25) is 4.79 Å². The number of nitrogens with one attached hydrogen (secondary N) is 1. The van der Waals surface area contributed by atoms with E-state index in [1.165, 1.54) is 10.7 Å². The number of carbonyl (C=O) groups is 1. The summed E-state index contributed by atoms with van der Waals surface area (Å²) in [7, 11) is 0. The molecule has 2 aliphatic rings. The molecule has 2 aromatic rings. The molecule has 3 atom stereocenters. The van der Waals surface area contributed by atoms with E-state index in [9.17, 15) is 23.1 Å². The first-order valence-electron chi connectivity index (χ1n) is 9.89. The van der Waals surface area contributed by atoms with Crippen LogP contribution in [-0.4, -0.2) is 56.9 Å². The second-order valence-corrected chi connectivity index (χ2v) is 8.28. The molecular formula is C19H24F3N5O3. The second-order valence-electron chi connectivity index (χ2n) is 8.28. The van der Waals surface area contributed by atoms with Gasteiger partial charge in [-0.05, 0) is 31.6 Å². The van der Waals surface area contributed by atoms with Crippen molar-refractivity contribution in [3.05, 3.63) is 23.5 Å². The maximum Gasteiger partial charge on any atom is 0.408 e. The maximum absolute atomic E-state index is 13.3. The number of alkyl halides is 3. The standard InChI is InChI=1S/C19H24F3N5O3/c1-9(2)13-8-26(18(29)30-13)14-6-10(3)27-16(24-14)12(7-23-27)17(28)25-15(11-4-5-11)19(20,21)22/h6-7,9,11,13,15,18,29H,4-5,8H2,1-3H3,(H,25,28)/t13?,15-,18?/m1/s1. The second kappa shape index (κ2) is 7.38. The van der Waals surface area contributed by atoms with Gasteiger partial charge in [-0.2, -0.15) is 18.3 Å². The summed E-state index contributed by atoms with van der Waals surface area (Å²) < 4.78 is 46.8. The van der Waals surface area contributed by atoms with Crippen LogP contribution < -0.4 is 10.2 Å². The molecule has 1 saturated carbocycles. The molecule has 3 heterocycles. The van der Waals surface area contributed by atoms with Gasteiger partial charge in [0.2, 0.25) is 6.41 Å². The minimum Gasteiger partial charge on any atom is -0.351 e.